The van der Waals surface area contributed by atoms with Gasteiger partial charge in [0, 0.05) is 12.1 Å². The topological polar surface area (TPSA) is 112 Å². The summed E-state index contributed by atoms with van der Waals surface area (Å²) < 4.78 is 16.2. The first-order valence-corrected chi connectivity index (χ1v) is 8.19. The summed E-state index contributed by atoms with van der Waals surface area (Å²) in [5.74, 6) is -0.507. The molecule has 2 aromatic carbocycles. The Morgan fingerprint density at radius 3 is 2.65 bits per heavy atom. The van der Waals surface area contributed by atoms with Crippen LogP contribution in [0.1, 0.15) is 12.5 Å². The molecule has 0 bridgehead atoms. The zero-order valence-corrected chi connectivity index (χ0v) is 15.2. The number of ether oxygens (including phenoxy) is 3. The highest BCUT2D eigenvalue weighted by atomic mass is 79.9. The molecule has 0 aromatic heterocycles. The smallest absolute Gasteiger partial charge is 0.349 e. The summed E-state index contributed by atoms with van der Waals surface area (Å²) in [6.45, 7) is 1.51. The van der Waals surface area contributed by atoms with Gasteiger partial charge in [-0.25, -0.2) is 4.79 Å². The van der Waals surface area contributed by atoms with E-state index in [4.69, 9.17) is 19.5 Å². The lowest BCUT2D eigenvalue weighted by Gasteiger charge is -2.13. The number of halogens is 1. The Labute approximate surface area is 157 Å². The van der Waals surface area contributed by atoms with E-state index in [1.165, 1.54) is 30.3 Å². The SMILES string of the molecule is CCOc1cc(C#N)cc(Br)c1OC(=O)COc1ccccc1[N+](=O)[O-]. The number of hydrogen-bond acceptors (Lipinski definition) is 7. The molecule has 0 radical (unpaired) electrons. The number of rotatable bonds is 7. The van der Waals surface area contributed by atoms with Crippen LogP contribution in [0.5, 0.6) is 17.2 Å². The molecular formula is C17H13BrN2O6. The molecule has 2 aromatic rings. The first kappa shape index (κ1) is 19.2. The molecule has 2 rings (SSSR count). The fourth-order valence-corrected chi connectivity index (χ4v) is 2.53. The van der Waals surface area contributed by atoms with Gasteiger partial charge >= 0.3 is 11.7 Å². The molecule has 0 aliphatic carbocycles. The number of carbonyl (C=O) groups excluding carboxylic acids is 1. The maximum absolute atomic E-state index is 12.1. The highest BCUT2D eigenvalue weighted by Crippen LogP contribution is 2.37. The number of carbonyl (C=O) groups is 1. The zero-order chi connectivity index (χ0) is 19.1. The Hall–Kier alpha value is -3.12. The maximum atomic E-state index is 12.1. The maximum Gasteiger partial charge on any atom is 0.349 e. The first-order valence-electron chi connectivity index (χ1n) is 7.39. The Morgan fingerprint density at radius 1 is 1.27 bits per heavy atom. The second kappa shape index (κ2) is 8.82. The van der Waals surface area contributed by atoms with Crippen LogP contribution in [-0.4, -0.2) is 24.1 Å². The monoisotopic (exact) mass is 420 g/mol. The number of nitriles is 1. The predicted molar refractivity (Wildman–Crippen MR) is 94.3 cm³/mol. The molecule has 0 amide bonds. The van der Waals surface area contributed by atoms with Gasteiger partial charge in [0.15, 0.2) is 23.9 Å². The van der Waals surface area contributed by atoms with E-state index in [0.29, 0.717) is 16.6 Å². The molecular weight excluding hydrogens is 408 g/mol. The van der Waals surface area contributed by atoms with Crippen LogP contribution >= 0.6 is 15.9 Å². The van der Waals surface area contributed by atoms with E-state index in [9.17, 15) is 14.9 Å². The normalized spacial score (nSPS) is 9.88. The van der Waals surface area contributed by atoms with Crippen molar-refractivity contribution in [3.8, 4) is 23.3 Å². The third kappa shape index (κ3) is 4.70. The van der Waals surface area contributed by atoms with Gasteiger partial charge in [0.25, 0.3) is 0 Å². The fourth-order valence-electron chi connectivity index (χ4n) is 2.00. The summed E-state index contributed by atoms with van der Waals surface area (Å²) in [5, 5.41) is 19.9. The van der Waals surface area contributed by atoms with Crippen LogP contribution in [0.3, 0.4) is 0 Å². The van der Waals surface area contributed by atoms with Crippen LogP contribution in [0.2, 0.25) is 0 Å². The van der Waals surface area contributed by atoms with Crippen molar-refractivity contribution in [2.24, 2.45) is 0 Å². The van der Waals surface area contributed by atoms with Crippen molar-refractivity contribution in [1.82, 2.24) is 0 Å². The lowest BCUT2D eigenvalue weighted by Crippen LogP contribution is -2.18. The van der Waals surface area contributed by atoms with Gasteiger partial charge in [-0.05, 0) is 35.0 Å². The second-order valence-corrected chi connectivity index (χ2v) is 5.67. The third-order valence-electron chi connectivity index (χ3n) is 3.06. The van der Waals surface area contributed by atoms with Gasteiger partial charge in [0.05, 0.1) is 27.6 Å². The van der Waals surface area contributed by atoms with Crippen molar-refractivity contribution in [2.75, 3.05) is 13.2 Å². The van der Waals surface area contributed by atoms with Gasteiger partial charge in [-0.2, -0.15) is 5.26 Å². The second-order valence-electron chi connectivity index (χ2n) is 4.82. The average molecular weight is 421 g/mol. The number of nitrogens with zero attached hydrogens (tertiary/aromatic N) is 2. The minimum Gasteiger partial charge on any atom is -0.490 e. The summed E-state index contributed by atoms with van der Waals surface area (Å²) >= 11 is 3.23. The van der Waals surface area contributed by atoms with Crippen LogP contribution in [0.4, 0.5) is 5.69 Å². The Bertz CT molecular complexity index is 878. The predicted octanol–water partition coefficient (Wildman–Crippen LogP) is 3.61. The third-order valence-corrected chi connectivity index (χ3v) is 3.65. The molecule has 0 saturated carbocycles. The van der Waals surface area contributed by atoms with Gasteiger partial charge in [-0.3, -0.25) is 10.1 Å². The van der Waals surface area contributed by atoms with E-state index in [1.807, 2.05) is 6.07 Å². The highest BCUT2D eigenvalue weighted by Gasteiger charge is 2.19. The van der Waals surface area contributed by atoms with E-state index >= 15 is 0 Å². The summed E-state index contributed by atoms with van der Waals surface area (Å²) in [4.78, 5) is 22.4. The van der Waals surface area contributed by atoms with E-state index < -0.39 is 17.5 Å². The van der Waals surface area contributed by atoms with E-state index in [1.54, 1.807) is 13.0 Å². The lowest BCUT2D eigenvalue weighted by atomic mass is 10.2. The first-order chi connectivity index (χ1) is 12.5. The number of benzene rings is 2. The fraction of sp³-hybridized carbons (Fsp3) is 0.176. The largest absolute Gasteiger partial charge is 0.490 e. The molecule has 0 saturated heterocycles. The number of nitro benzene ring substituents is 1. The molecule has 0 N–H and O–H groups in total. The molecule has 0 fully saturated rings. The van der Waals surface area contributed by atoms with Crippen molar-refractivity contribution in [3.63, 3.8) is 0 Å². The van der Waals surface area contributed by atoms with Crippen LogP contribution in [-0.2, 0) is 4.79 Å². The van der Waals surface area contributed by atoms with E-state index in [0.717, 1.165) is 0 Å². The zero-order valence-electron chi connectivity index (χ0n) is 13.6. The van der Waals surface area contributed by atoms with Gasteiger partial charge in [-0.1, -0.05) is 12.1 Å². The number of hydrogen-bond donors (Lipinski definition) is 0. The summed E-state index contributed by atoms with van der Waals surface area (Å²) in [6.07, 6.45) is 0. The van der Waals surface area contributed by atoms with Crippen molar-refractivity contribution >= 4 is 27.6 Å². The van der Waals surface area contributed by atoms with Crippen LogP contribution in [0, 0.1) is 21.4 Å². The number of esters is 1. The molecule has 9 heteroatoms. The molecule has 134 valence electrons. The molecule has 0 heterocycles. The number of nitro groups is 1. The molecule has 0 unspecified atom stereocenters. The molecule has 8 nitrogen and oxygen atoms in total. The van der Waals surface area contributed by atoms with Gasteiger partial charge in [-0.15, -0.1) is 0 Å². The lowest BCUT2D eigenvalue weighted by molar-refractivity contribution is -0.385. The highest BCUT2D eigenvalue weighted by molar-refractivity contribution is 9.10. The van der Waals surface area contributed by atoms with E-state index in [2.05, 4.69) is 15.9 Å². The minimum atomic E-state index is -0.783. The Morgan fingerprint density at radius 2 is 2.00 bits per heavy atom. The molecule has 0 aliphatic rings. The summed E-state index contributed by atoms with van der Waals surface area (Å²) in [7, 11) is 0. The molecule has 26 heavy (non-hydrogen) atoms. The summed E-state index contributed by atoms with van der Waals surface area (Å²) in [5.41, 5.74) is 0.0751. The average Bonchev–Trinajstić information content (AvgIpc) is 2.62. The van der Waals surface area contributed by atoms with Crippen LogP contribution in [0.25, 0.3) is 0 Å². The summed E-state index contributed by atoms with van der Waals surface area (Å²) in [6, 6.07) is 10.6. The van der Waals surface area contributed by atoms with Crippen LogP contribution in [0.15, 0.2) is 40.9 Å². The van der Waals surface area contributed by atoms with Gasteiger partial charge in [0.2, 0.25) is 0 Å². The minimum absolute atomic E-state index is 0.0432. The number of para-hydroxylation sites is 2. The van der Waals surface area contributed by atoms with Crippen molar-refractivity contribution < 1.29 is 23.9 Å². The molecule has 0 aliphatic heterocycles. The van der Waals surface area contributed by atoms with Crippen molar-refractivity contribution in [2.45, 2.75) is 6.92 Å². The quantitative estimate of drug-likeness (QED) is 0.291. The molecule has 0 spiro atoms. The van der Waals surface area contributed by atoms with E-state index in [-0.39, 0.29) is 22.9 Å². The Kier molecular flexibility index (Phi) is 6.52. The van der Waals surface area contributed by atoms with Crippen molar-refractivity contribution in [3.05, 3.63) is 56.5 Å². The molecule has 0 atom stereocenters. The standard InChI is InChI=1S/C17H13BrN2O6/c1-2-24-15-8-11(9-19)7-12(18)17(15)26-16(21)10-25-14-6-4-3-5-13(14)20(22)23/h3-8H,2,10H2,1H3. The Balaban J connectivity index is 2.14. The van der Waals surface area contributed by atoms with Crippen molar-refractivity contribution in [1.29, 1.82) is 5.26 Å². The van der Waals surface area contributed by atoms with Gasteiger partial charge < -0.3 is 14.2 Å². The van der Waals surface area contributed by atoms with Gasteiger partial charge in [0.1, 0.15) is 0 Å². The van der Waals surface area contributed by atoms with Crippen LogP contribution < -0.4 is 14.2 Å².